The molecule has 29 heavy (non-hydrogen) atoms. The number of amides is 3. The van der Waals surface area contributed by atoms with E-state index in [1.807, 2.05) is 0 Å². The van der Waals surface area contributed by atoms with E-state index in [1.165, 1.54) is 0 Å². The summed E-state index contributed by atoms with van der Waals surface area (Å²) in [6.07, 6.45) is 2.05. The molecule has 8 nitrogen and oxygen atoms in total. The van der Waals surface area contributed by atoms with Crippen LogP contribution in [0.15, 0.2) is 24.5 Å². The van der Waals surface area contributed by atoms with Crippen LogP contribution in [0.5, 0.6) is 6.01 Å². The van der Waals surface area contributed by atoms with Crippen LogP contribution in [-0.4, -0.2) is 46.0 Å². The highest BCUT2D eigenvalue weighted by Gasteiger charge is 2.39. The fourth-order valence-corrected chi connectivity index (χ4v) is 3.00. The molecule has 1 fully saturated rings. The smallest absolute Gasteiger partial charge is 0.389 e. The number of benzene rings is 1. The van der Waals surface area contributed by atoms with Crippen molar-refractivity contribution in [3.63, 3.8) is 0 Å². The Hall–Kier alpha value is -3.15. The predicted octanol–water partition coefficient (Wildman–Crippen LogP) is 1.98. The predicted molar refractivity (Wildman–Crippen MR) is 90.1 cm³/mol. The molecule has 1 aliphatic rings. The first-order valence-electron chi connectivity index (χ1n) is 7.95. The molecule has 1 saturated heterocycles. The van der Waals surface area contributed by atoms with E-state index in [2.05, 4.69) is 20.0 Å². The molecule has 2 heterocycles. The number of alkyl halides is 2. The molecule has 1 aromatic carbocycles. The van der Waals surface area contributed by atoms with Gasteiger partial charge in [-0.25, -0.2) is 23.5 Å². The minimum Gasteiger partial charge on any atom is -0.401 e. The van der Waals surface area contributed by atoms with Crippen LogP contribution in [0.3, 0.4) is 0 Å². The number of urea groups is 1. The Morgan fingerprint density at radius 2 is 1.97 bits per heavy atom. The average molecular weight is 434 g/mol. The van der Waals surface area contributed by atoms with Gasteiger partial charge in [0.1, 0.15) is 22.7 Å². The number of nitrogens with two attached hydrogens (primary N) is 1. The molecule has 154 valence electrons. The van der Waals surface area contributed by atoms with Gasteiger partial charge >= 0.3 is 18.7 Å². The van der Waals surface area contributed by atoms with Crippen LogP contribution >= 0.6 is 11.6 Å². The second-order valence-corrected chi connectivity index (χ2v) is 6.28. The Morgan fingerprint density at radius 3 is 2.52 bits per heavy atom. The summed E-state index contributed by atoms with van der Waals surface area (Å²) in [5.74, 6) is -3.00. The molecule has 0 spiro atoms. The van der Waals surface area contributed by atoms with E-state index >= 15 is 0 Å². The summed E-state index contributed by atoms with van der Waals surface area (Å²) in [6.45, 7) is -3.41. The second-order valence-electron chi connectivity index (χ2n) is 5.90. The van der Waals surface area contributed by atoms with Crippen molar-refractivity contribution in [3.8, 4) is 6.01 Å². The summed E-state index contributed by atoms with van der Waals surface area (Å²) in [5.41, 5.74) is 5.03. The zero-order valence-corrected chi connectivity index (χ0v) is 15.0. The number of rotatable bonds is 6. The molecule has 3 rings (SSSR count). The lowest BCUT2D eigenvalue weighted by atomic mass is 9.98. The number of primary amides is 1. The zero-order valence-electron chi connectivity index (χ0n) is 14.3. The van der Waals surface area contributed by atoms with E-state index in [9.17, 15) is 27.2 Å². The van der Waals surface area contributed by atoms with Crippen molar-refractivity contribution in [2.75, 3.05) is 6.54 Å². The molecule has 2 aromatic rings. The van der Waals surface area contributed by atoms with Crippen molar-refractivity contribution in [3.05, 3.63) is 52.3 Å². The number of halogens is 5. The second kappa shape index (κ2) is 8.07. The van der Waals surface area contributed by atoms with E-state index in [4.69, 9.17) is 17.3 Å². The fourth-order valence-electron chi connectivity index (χ4n) is 2.83. The standard InChI is InChI=1S/C16H12ClF4N5O3/c17-10-8(18)2-1-7(11(10)19)12(26-5-9(13(22)27)25-16(26)28)6-3-23-15(24-4-6)29-14(20)21/h1-4,9,12,14H,5H2,(H2,22,27)(H,25,28)/t9?,12-/m1/s1. The minimum atomic E-state index is -3.16. The number of carbonyl (C=O) groups excluding carboxylic acids is 2. The van der Waals surface area contributed by atoms with Crippen molar-refractivity contribution in [2.45, 2.75) is 18.7 Å². The van der Waals surface area contributed by atoms with Gasteiger partial charge in [-0.3, -0.25) is 4.79 Å². The van der Waals surface area contributed by atoms with E-state index in [0.717, 1.165) is 29.4 Å². The monoisotopic (exact) mass is 433 g/mol. The molecule has 0 saturated carbocycles. The molecule has 0 bridgehead atoms. The maximum absolute atomic E-state index is 14.7. The minimum absolute atomic E-state index is 0.0634. The Labute approximate surface area is 165 Å². The fraction of sp³-hybridized carbons (Fsp3) is 0.250. The molecule has 2 atom stereocenters. The van der Waals surface area contributed by atoms with Crippen LogP contribution in [-0.2, 0) is 4.79 Å². The number of nitrogens with zero attached hydrogens (tertiary/aromatic N) is 3. The van der Waals surface area contributed by atoms with Crippen LogP contribution in [0.1, 0.15) is 17.2 Å². The Kier molecular flexibility index (Phi) is 5.73. The zero-order chi connectivity index (χ0) is 21.3. The van der Waals surface area contributed by atoms with E-state index in [0.29, 0.717) is 0 Å². The lowest BCUT2D eigenvalue weighted by molar-refractivity contribution is -0.119. The first kappa shape index (κ1) is 20.6. The van der Waals surface area contributed by atoms with Gasteiger partial charge in [-0.15, -0.1) is 0 Å². The number of carbonyl (C=O) groups is 2. The van der Waals surface area contributed by atoms with Crippen molar-refractivity contribution in [1.29, 1.82) is 0 Å². The van der Waals surface area contributed by atoms with Gasteiger partial charge in [0.25, 0.3) is 0 Å². The Morgan fingerprint density at radius 1 is 1.31 bits per heavy atom. The number of ether oxygens (including phenoxy) is 1. The number of hydrogen-bond donors (Lipinski definition) is 2. The van der Waals surface area contributed by atoms with Crippen LogP contribution in [0.4, 0.5) is 22.4 Å². The van der Waals surface area contributed by atoms with E-state index in [1.54, 1.807) is 0 Å². The maximum atomic E-state index is 14.7. The summed E-state index contributed by atoms with van der Waals surface area (Å²) < 4.78 is 56.9. The van der Waals surface area contributed by atoms with E-state index < -0.39 is 53.3 Å². The van der Waals surface area contributed by atoms with Gasteiger partial charge in [0, 0.05) is 23.5 Å². The topological polar surface area (TPSA) is 110 Å². The molecule has 0 radical (unpaired) electrons. The van der Waals surface area contributed by atoms with Crippen LogP contribution in [0.25, 0.3) is 0 Å². The summed E-state index contributed by atoms with van der Waals surface area (Å²) in [5, 5.41) is 1.52. The normalized spacial score (nSPS) is 17.4. The largest absolute Gasteiger partial charge is 0.401 e. The highest BCUT2D eigenvalue weighted by atomic mass is 35.5. The third kappa shape index (κ3) is 4.16. The Balaban J connectivity index is 2.06. The highest BCUT2D eigenvalue weighted by Crippen LogP contribution is 2.35. The van der Waals surface area contributed by atoms with Crippen LogP contribution in [0.2, 0.25) is 5.02 Å². The summed E-state index contributed by atoms with van der Waals surface area (Å²) >= 11 is 5.64. The summed E-state index contributed by atoms with van der Waals surface area (Å²) in [6, 6.07) is -1.81. The third-order valence-electron chi connectivity index (χ3n) is 4.11. The molecular formula is C16H12ClF4N5O3. The molecular weight excluding hydrogens is 422 g/mol. The van der Waals surface area contributed by atoms with Crippen molar-refractivity contribution in [1.82, 2.24) is 20.2 Å². The number of nitrogens with one attached hydrogen (secondary N) is 1. The van der Waals surface area contributed by atoms with Gasteiger partial charge in [-0.2, -0.15) is 8.78 Å². The molecule has 3 N–H and O–H groups in total. The van der Waals surface area contributed by atoms with Gasteiger partial charge in [-0.1, -0.05) is 17.7 Å². The SMILES string of the molecule is NC(=O)C1CN([C@H](c2cnc(OC(F)F)nc2)c2ccc(F)c(Cl)c2F)C(=O)N1. The molecule has 0 aliphatic carbocycles. The van der Waals surface area contributed by atoms with Crippen molar-refractivity contribution >= 4 is 23.5 Å². The van der Waals surface area contributed by atoms with Crippen molar-refractivity contribution in [2.24, 2.45) is 5.73 Å². The lowest BCUT2D eigenvalue weighted by Gasteiger charge is -2.28. The lowest BCUT2D eigenvalue weighted by Crippen LogP contribution is -2.39. The average Bonchev–Trinajstić information content (AvgIpc) is 3.04. The number of aromatic nitrogens is 2. The highest BCUT2D eigenvalue weighted by molar-refractivity contribution is 6.31. The molecule has 3 amide bonds. The quantitative estimate of drug-likeness (QED) is 0.534. The van der Waals surface area contributed by atoms with Gasteiger partial charge < -0.3 is 20.7 Å². The summed E-state index contributed by atoms with van der Waals surface area (Å²) in [4.78, 5) is 32.0. The Bertz CT molecular complexity index is 947. The van der Waals surface area contributed by atoms with Crippen LogP contribution in [0, 0.1) is 11.6 Å². The van der Waals surface area contributed by atoms with E-state index in [-0.39, 0.29) is 17.7 Å². The van der Waals surface area contributed by atoms with Gasteiger partial charge in [0.15, 0.2) is 0 Å². The van der Waals surface area contributed by atoms with Gasteiger partial charge in [-0.05, 0) is 6.07 Å². The van der Waals surface area contributed by atoms with Crippen molar-refractivity contribution < 1.29 is 31.9 Å². The molecule has 13 heteroatoms. The summed E-state index contributed by atoms with van der Waals surface area (Å²) in [7, 11) is 0. The first-order chi connectivity index (χ1) is 13.7. The molecule has 1 unspecified atom stereocenters. The molecule has 1 aromatic heterocycles. The van der Waals surface area contributed by atoms with Crippen LogP contribution < -0.4 is 15.8 Å². The number of hydrogen-bond acceptors (Lipinski definition) is 5. The maximum Gasteiger partial charge on any atom is 0.389 e. The first-order valence-corrected chi connectivity index (χ1v) is 8.33. The van der Waals surface area contributed by atoms with Gasteiger partial charge in [0.05, 0.1) is 12.6 Å². The third-order valence-corrected chi connectivity index (χ3v) is 4.46. The van der Waals surface area contributed by atoms with Gasteiger partial charge in [0.2, 0.25) is 5.91 Å². The molecule has 1 aliphatic heterocycles.